The lowest BCUT2D eigenvalue weighted by Gasteiger charge is -2.48. The highest BCUT2D eigenvalue weighted by molar-refractivity contribution is 5.91. The van der Waals surface area contributed by atoms with Crippen molar-refractivity contribution in [2.45, 2.75) is 82.4 Å². The molecule has 0 radical (unpaired) electrons. The fourth-order valence-corrected chi connectivity index (χ4v) is 5.46. The normalized spacial score (nSPS) is 47.7. The van der Waals surface area contributed by atoms with Gasteiger partial charge < -0.3 is 34.6 Å². The molecule has 0 aromatic carbocycles. The van der Waals surface area contributed by atoms with E-state index in [4.69, 9.17) is 14.2 Å². The van der Waals surface area contributed by atoms with Crippen molar-refractivity contribution in [2.24, 2.45) is 11.3 Å². The average molecular weight is 410 g/mol. The van der Waals surface area contributed by atoms with Gasteiger partial charge in [0.25, 0.3) is 0 Å². The summed E-state index contributed by atoms with van der Waals surface area (Å²) < 4.78 is 17.2. The molecule has 0 spiro atoms. The van der Waals surface area contributed by atoms with Crippen molar-refractivity contribution in [1.29, 1.82) is 0 Å². The Bertz CT molecular complexity index is 730. The lowest BCUT2D eigenvalue weighted by atomic mass is 9.59. The van der Waals surface area contributed by atoms with E-state index in [0.717, 1.165) is 30.4 Å². The number of carbonyl (C=O) groups excluding carboxylic acids is 1. The summed E-state index contributed by atoms with van der Waals surface area (Å²) in [6, 6.07) is 0. The summed E-state index contributed by atoms with van der Waals surface area (Å²) >= 11 is 0. The van der Waals surface area contributed by atoms with Gasteiger partial charge >= 0.3 is 5.97 Å². The summed E-state index contributed by atoms with van der Waals surface area (Å²) in [6.45, 7) is 7.52. The van der Waals surface area contributed by atoms with E-state index in [2.05, 4.69) is 13.5 Å². The van der Waals surface area contributed by atoms with E-state index >= 15 is 0 Å². The first kappa shape index (κ1) is 21.0. The Morgan fingerprint density at radius 1 is 1.17 bits per heavy atom. The summed E-state index contributed by atoms with van der Waals surface area (Å²) in [7, 11) is 0. The van der Waals surface area contributed by atoms with Crippen LogP contribution in [0.3, 0.4) is 0 Å². The van der Waals surface area contributed by atoms with Crippen LogP contribution in [0.5, 0.6) is 0 Å². The molecule has 2 saturated heterocycles. The Hall–Kier alpha value is -1.29. The molecule has 0 unspecified atom stereocenters. The number of hydrogen-bond acceptors (Lipinski definition) is 8. The van der Waals surface area contributed by atoms with Crippen molar-refractivity contribution in [3.63, 3.8) is 0 Å². The van der Waals surface area contributed by atoms with E-state index in [0.29, 0.717) is 12.0 Å². The van der Waals surface area contributed by atoms with E-state index in [9.17, 15) is 25.2 Å². The number of esters is 1. The maximum atomic E-state index is 12.1. The average Bonchev–Trinajstić information content (AvgIpc) is 2.97. The molecule has 4 rings (SSSR count). The molecule has 8 nitrogen and oxygen atoms in total. The van der Waals surface area contributed by atoms with Gasteiger partial charge in [0.05, 0.1) is 12.7 Å². The highest BCUT2D eigenvalue weighted by atomic mass is 16.7. The second-order valence-electron chi connectivity index (χ2n) is 9.01. The Balaban J connectivity index is 1.60. The molecule has 8 heteroatoms. The quantitative estimate of drug-likeness (QED) is 0.295. The summed E-state index contributed by atoms with van der Waals surface area (Å²) in [4.78, 5) is 12.1. The third kappa shape index (κ3) is 3.26. The van der Waals surface area contributed by atoms with Gasteiger partial charge in [-0.15, -0.1) is 0 Å². The zero-order valence-corrected chi connectivity index (χ0v) is 16.8. The molecule has 9 atom stereocenters. The third-order valence-corrected chi connectivity index (χ3v) is 7.26. The standard InChI is InChI=1S/C21H30O8/c1-9-11-4-6-21(3)7-5-12(10(2)14(21)18(11)29-19(9)26)27-20-17(25)16(24)15(23)13(8-22)28-20/h11-13,15-18,20,22-25H,1,4-8H2,2-3H3/t11-,12-,13+,15+,16-,17+,18-,20+,21-/m0/s1. The largest absolute Gasteiger partial charge is 0.454 e. The van der Waals surface area contributed by atoms with Gasteiger partial charge in [-0.05, 0) is 49.2 Å². The number of rotatable bonds is 3. The minimum absolute atomic E-state index is 0.0217. The SMILES string of the molecule is C=C1C(=O)O[C@@H]2C3=C(C)[C@@H](O[C@@H]4O[C@H](CO)[C@@H](O)[C@H](O)[C@H]4O)CC[C@]3(C)CC[C@@H]12. The fourth-order valence-electron chi connectivity index (χ4n) is 5.46. The number of ether oxygens (including phenoxy) is 3. The summed E-state index contributed by atoms with van der Waals surface area (Å²) in [5.74, 6) is -0.368. The van der Waals surface area contributed by atoms with Crippen LogP contribution in [-0.2, 0) is 19.0 Å². The highest BCUT2D eigenvalue weighted by Crippen LogP contribution is 2.55. The predicted octanol–water partition coefficient (Wildman–Crippen LogP) is 0.180. The third-order valence-electron chi connectivity index (χ3n) is 7.26. The number of carbonyl (C=O) groups is 1. The fraction of sp³-hybridized carbons (Fsp3) is 0.762. The van der Waals surface area contributed by atoms with Crippen LogP contribution in [0.15, 0.2) is 23.3 Å². The van der Waals surface area contributed by atoms with E-state index in [-0.39, 0.29) is 23.4 Å². The van der Waals surface area contributed by atoms with Gasteiger partial charge in [0.2, 0.25) is 0 Å². The van der Waals surface area contributed by atoms with Gasteiger partial charge in [0.15, 0.2) is 6.29 Å². The van der Waals surface area contributed by atoms with Crippen LogP contribution < -0.4 is 0 Å². The second-order valence-corrected chi connectivity index (χ2v) is 9.01. The Morgan fingerprint density at radius 3 is 2.55 bits per heavy atom. The lowest BCUT2D eigenvalue weighted by molar-refractivity contribution is -0.309. The molecule has 4 aliphatic rings. The van der Waals surface area contributed by atoms with Crippen LogP contribution in [0.25, 0.3) is 0 Å². The molecule has 0 aromatic rings. The van der Waals surface area contributed by atoms with E-state index < -0.39 is 43.4 Å². The van der Waals surface area contributed by atoms with Crippen molar-refractivity contribution in [2.75, 3.05) is 6.61 Å². The molecule has 4 N–H and O–H groups in total. The number of hydrogen-bond donors (Lipinski definition) is 4. The van der Waals surface area contributed by atoms with E-state index in [1.165, 1.54) is 0 Å². The smallest absolute Gasteiger partial charge is 0.334 e. The minimum Gasteiger partial charge on any atom is -0.454 e. The Morgan fingerprint density at radius 2 is 1.86 bits per heavy atom. The van der Waals surface area contributed by atoms with Crippen molar-refractivity contribution in [3.05, 3.63) is 23.3 Å². The molecule has 162 valence electrons. The summed E-state index contributed by atoms with van der Waals surface area (Å²) in [5.41, 5.74) is 2.43. The molecule has 29 heavy (non-hydrogen) atoms. The zero-order chi connectivity index (χ0) is 21.1. The van der Waals surface area contributed by atoms with Crippen molar-refractivity contribution in [1.82, 2.24) is 0 Å². The van der Waals surface area contributed by atoms with Crippen molar-refractivity contribution >= 4 is 5.97 Å². The van der Waals surface area contributed by atoms with E-state index in [1.54, 1.807) is 0 Å². The topological polar surface area (TPSA) is 126 Å². The van der Waals surface area contributed by atoms with E-state index in [1.807, 2.05) is 6.92 Å². The van der Waals surface area contributed by atoms with Gasteiger partial charge in [0.1, 0.15) is 30.5 Å². The lowest BCUT2D eigenvalue weighted by Crippen LogP contribution is -2.60. The minimum atomic E-state index is -1.48. The van der Waals surface area contributed by atoms with Crippen molar-refractivity contribution in [3.8, 4) is 0 Å². The molecule has 0 amide bonds. The second kappa shape index (κ2) is 7.44. The molecule has 0 aromatic heterocycles. The molecular weight excluding hydrogens is 380 g/mol. The van der Waals surface area contributed by atoms with Gasteiger partial charge in [0, 0.05) is 11.5 Å². The number of fused-ring (bicyclic) bond motifs is 3. The monoisotopic (exact) mass is 410 g/mol. The van der Waals surface area contributed by atoms with Crippen LogP contribution in [-0.4, -0.2) is 75.9 Å². The molecule has 2 aliphatic heterocycles. The Labute approximate surface area is 169 Å². The predicted molar refractivity (Wildman–Crippen MR) is 100 cm³/mol. The summed E-state index contributed by atoms with van der Waals surface area (Å²) in [5, 5.41) is 39.7. The number of aliphatic hydroxyl groups is 4. The van der Waals surface area contributed by atoms with Crippen LogP contribution in [0, 0.1) is 11.3 Å². The van der Waals surface area contributed by atoms with Gasteiger partial charge in [-0.25, -0.2) is 4.79 Å². The molecule has 2 aliphatic carbocycles. The molecule has 0 bridgehead atoms. The van der Waals surface area contributed by atoms with Crippen LogP contribution in [0.2, 0.25) is 0 Å². The Kier molecular flexibility index (Phi) is 5.38. The zero-order valence-electron chi connectivity index (χ0n) is 16.8. The van der Waals surface area contributed by atoms with Gasteiger partial charge in [-0.2, -0.15) is 0 Å². The summed E-state index contributed by atoms with van der Waals surface area (Å²) in [6.07, 6.45) is -3.97. The molecule has 1 saturated carbocycles. The highest BCUT2D eigenvalue weighted by Gasteiger charge is 2.53. The first-order valence-electron chi connectivity index (χ1n) is 10.2. The first-order valence-corrected chi connectivity index (χ1v) is 10.2. The first-order chi connectivity index (χ1) is 13.7. The van der Waals surface area contributed by atoms with Gasteiger partial charge in [-0.3, -0.25) is 0 Å². The van der Waals surface area contributed by atoms with Crippen LogP contribution in [0.4, 0.5) is 0 Å². The molecule has 3 fully saturated rings. The maximum absolute atomic E-state index is 12.1. The molecule has 2 heterocycles. The maximum Gasteiger partial charge on any atom is 0.334 e. The van der Waals surface area contributed by atoms with Crippen molar-refractivity contribution < 1.29 is 39.4 Å². The van der Waals surface area contributed by atoms with Gasteiger partial charge in [-0.1, -0.05) is 13.5 Å². The van der Waals surface area contributed by atoms with Crippen LogP contribution in [0.1, 0.15) is 39.5 Å². The number of aliphatic hydroxyl groups excluding tert-OH is 4. The van der Waals surface area contributed by atoms with Crippen LogP contribution >= 0.6 is 0 Å². The molecular formula is C21H30O8.